The van der Waals surface area contributed by atoms with Crippen LogP contribution in [0.15, 0.2) is 29.3 Å². The number of rotatable bonds is 4. The second-order valence-electron chi connectivity index (χ2n) is 3.75. The number of nitrogens with zero attached hydrogens (tertiary/aromatic N) is 1. The molecule has 1 aromatic rings. The van der Waals surface area contributed by atoms with Gasteiger partial charge in [-0.15, -0.1) is 0 Å². The first kappa shape index (κ1) is 11.1. The van der Waals surface area contributed by atoms with Gasteiger partial charge in [-0.25, -0.2) is 4.39 Å². The van der Waals surface area contributed by atoms with Gasteiger partial charge in [0.1, 0.15) is 11.9 Å². The lowest BCUT2D eigenvalue weighted by Gasteiger charge is -2.12. The van der Waals surface area contributed by atoms with Crippen molar-refractivity contribution in [2.24, 2.45) is 10.7 Å². The molecule has 0 aliphatic carbocycles. The Morgan fingerprint density at radius 1 is 1.44 bits per heavy atom. The number of aliphatic imine (C=N–C) groups is 1. The van der Waals surface area contributed by atoms with Gasteiger partial charge in [0.25, 0.3) is 0 Å². The predicted molar refractivity (Wildman–Crippen MR) is 60.8 cm³/mol. The normalized spacial score (nSPS) is 19.4. The van der Waals surface area contributed by atoms with E-state index in [1.165, 1.54) is 6.07 Å². The van der Waals surface area contributed by atoms with Crippen molar-refractivity contribution in [1.29, 1.82) is 0 Å². The zero-order valence-corrected chi connectivity index (χ0v) is 9.03. The molecule has 0 fully saturated rings. The van der Waals surface area contributed by atoms with Crippen LogP contribution in [0.4, 0.5) is 4.39 Å². The average molecular weight is 222 g/mol. The van der Waals surface area contributed by atoms with E-state index < -0.39 is 0 Å². The zero-order chi connectivity index (χ0) is 11.4. The lowest BCUT2D eigenvalue weighted by Crippen LogP contribution is -2.08. The number of nitrogens with two attached hydrogens (primary N) is 1. The monoisotopic (exact) mass is 222 g/mol. The topological polar surface area (TPSA) is 47.6 Å². The average Bonchev–Trinajstić information content (AvgIpc) is 2.75. The smallest absolute Gasteiger partial charge is 0.184 e. The second kappa shape index (κ2) is 5.07. The van der Waals surface area contributed by atoms with Crippen molar-refractivity contribution in [3.05, 3.63) is 35.6 Å². The molecule has 1 unspecified atom stereocenters. The minimum absolute atomic E-state index is 0.234. The summed E-state index contributed by atoms with van der Waals surface area (Å²) < 4.78 is 19.1. The summed E-state index contributed by atoms with van der Waals surface area (Å²) in [5.74, 6) is 0.460. The summed E-state index contributed by atoms with van der Waals surface area (Å²) in [6.07, 6.45) is 1.32. The fourth-order valence-corrected chi connectivity index (χ4v) is 1.71. The minimum Gasteiger partial charge on any atom is -0.471 e. The van der Waals surface area contributed by atoms with Gasteiger partial charge in [0.05, 0.1) is 6.54 Å². The third-order valence-corrected chi connectivity index (χ3v) is 2.56. The predicted octanol–water partition coefficient (Wildman–Crippen LogP) is 2.03. The fraction of sp³-hybridized carbons (Fsp3) is 0.417. The maximum atomic E-state index is 13.5. The number of hydrogen-bond donors (Lipinski definition) is 1. The lowest BCUT2D eigenvalue weighted by atomic mass is 10.1. The van der Waals surface area contributed by atoms with Gasteiger partial charge < -0.3 is 10.5 Å². The number of ether oxygens (including phenoxy) is 1. The molecule has 0 saturated heterocycles. The SMILES string of the molecule is NCCCC1=NCC(c2ccccc2F)O1. The Kier molecular flexibility index (Phi) is 3.51. The van der Waals surface area contributed by atoms with Crippen molar-refractivity contribution in [1.82, 2.24) is 0 Å². The van der Waals surface area contributed by atoms with Crippen LogP contribution in [0.3, 0.4) is 0 Å². The van der Waals surface area contributed by atoms with Gasteiger partial charge in [-0.2, -0.15) is 0 Å². The highest BCUT2D eigenvalue weighted by molar-refractivity contribution is 5.77. The molecule has 0 saturated carbocycles. The van der Waals surface area contributed by atoms with Crippen LogP contribution < -0.4 is 5.73 Å². The van der Waals surface area contributed by atoms with Crippen molar-refractivity contribution in [2.45, 2.75) is 18.9 Å². The van der Waals surface area contributed by atoms with Crippen LogP contribution in [-0.2, 0) is 4.74 Å². The van der Waals surface area contributed by atoms with E-state index in [0.717, 1.165) is 12.8 Å². The Morgan fingerprint density at radius 2 is 2.25 bits per heavy atom. The maximum Gasteiger partial charge on any atom is 0.184 e. The molecule has 2 rings (SSSR count). The molecule has 0 bridgehead atoms. The quantitative estimate of drug-likeness (QED) is 0.847. The summed E-state index contributed by atoms with van der Waals surface area (Å²) in [7, 11) is 0. The van der Waals surface area contributed by atoms with Crippen molar-refractivity contribution in [3.63, 3.8) is 0 Å². The van der Waals surface area contributed by atoms with E-state index in [-0.39, 0.29) is 11.9 Å². The molecular weight excluding hydrogens is 207 g/mol. The first-order valence-electron chi connectivity index (χ1n) is 5.45. The van der Waals surface area contributed by atoms with Gasteiger partial charge in [0.15, 0.2) is 5.90 Å². The van der Waals surface area contributed by atoms with Crippen LogP contribution in [0.2, 0.25) is 0 Å². The Bertz CT molecular complexity index is 392. The summed E-state index contributed by atoms with van der Waals surface area (Å²) in [5, 5.41) is 0. The minimum atomic E-state index is -0.269. The maximum absolute atomic E-state index is 13.5. The van der Waals surface area contributed by atoms with Crippen molar-refractivity contribution >= 4 is 5.90 Å². The van der Waals surface area contributed by atoms with Gasteiger partial charge in [-0.1, -0.05) is 18.2 Å². The molecule has 1 heterocycles. The van der Waals surface area contributed by atoms with Crippen molar-refractivity contribution in [3.8, 4) is 0 Å². The van der Waals surface area contributed by atoms with Gasteiger partial charge >= 0.3 is 0 Å². The number of hydrogen-bond acceptors (Lipinski definition) is 3. The summed E-state index contributed by atoms with van der Waals surface area (Å²) in [4.78, 5) is 4.24. The Labute approximate surface area is 94.1 Å². The second-order valence-corrected chi connectivity index (χ2v) is 3.75. The third-order valence-electron chi connectivity index (χ3n) is 2.56. The highest BCUT2D eigenvalue weighted by atomic mass is 19.1. The van der Waals surface area contributed by atoms with Gasteiger partial charge in [-0.05, 0) is 19.0 Å². The molecule has 1 aliphatic rings. The van der Waals surface area contributed by atoms with E-state index in [1.807, 2.05) is 0 Å². The van der Waals surface area contributed by atoms with Crippen LogP contribution in [0.25, 0.3) is 0 Å². The standard InChI is InChI=1S/C12H15FN2O/c13-10-5-2-1-4-9(10)11-8-15-12(16-11)6-3-7-14/h1-2,4-5,11H,3,6-8,14H2. The van der Waals surface area contributed by atoms with E-state index in [1.54, 1.807) is 18.2 Å². The third kappa shape index (κ3) is 2.39. The van der Waals surface area contributed by atoms with E-state index in [4.69, 9.17) is 10.5 Å². The summed E-state index contributed by atoms with van der Waals surface area (Å²) in [5.41, 5.74) is 5.98. The van der Waals surface area contributed by atoms with Crippen LogP contribution in [-0.4, -0.2) is 19.0 Å². The van der Waals surface area contributed by atoms with Gasteiger partial charge in [0.2, 0.25) is 0 Å². The van der Waals surface area contributed by atoms with Crippen LogP contribution in [0.5, 0.6) is 0 Å². The van der Waals surface area contributed by atoms with E-state index in [0.29, 0.717) is 24.6 Å². The first-order chi connectivity index (χ1) is 7.81. The van der Waals surface area contributed by atoms with Gasteiger partial charge in [-0.3, -0.25) is 4.99 Å². The van der Waals surface area contributed by atoms with Gasteiger partial charge in [0, 0.05) is 12.0 Å². The highest BCUT2D eigenvalue weighted by Crippen LogP contribution is 2.26. The molecule has 3 nitrogen and oxygen atoms in total. The van der Waals surface area contributed by atoms with Crippen LogP contribution >= 0.6 is 0 Å². The molecule has 0 radical (unpaired) electrons. The molecule has 2 N–H and O–H groups in total. The molecular formula is C12H15FN2O. The molecule has 4 heteroatoms. The zero-order valence-electron chi connectivity index (χ0n) is 9.03. The summed E-state index contributed by atoms with van der Waals surface area (Å²) >= 11 is 0. The summed E-state index contributed by atoms with van der Waals surface area (Å²) in [6, 6.07) is 6.65. The van der Waals surface area contributed by atoms with Crippen LogP contribution in [0, 0.1) is 5.82 Å². The Morgan fingerprint density at radius 3 is 3.00 bits per heavy atom. The van der Waals surface area contributed by atoms with Crippen LogP contribution in [0.1, 0.15) is 24.5 Å². The Balaban J connectivity index is 1.98. The molecule has 86 valence electrons. The molecule has 0 aromatic heterocycles. The molecule has 1 aliphatic heterocycles. The number of halogens is 1. The molecule has 1 aromatic carbocycles. The fourth-order valence-electron chi connectivity index (χ4n) is 1.71. The van der Waals surface area contributed by atoms with Crippen molar-refractivity contribution in [2.75, 3.05) is 13.1 Å². The molecule has 0 spiro atoms. The number of benzene rings is 1. The largest absolute Gasteiger partial charge is 0.471 e. The molecule has 1 atom stereocenters. The van der Waals surface area contributed by atoms with E-state index in [2.05, 4.69) is 4.99 Å². The Hall–Kier alpha value is -1.42. The highest BCUT2D eigenvalue weighted by Gasteiger charge is 2.23. The van der Waals surface area contributed by atoms with E-state index in [9.17, 15) is 4.39 Å². The lowest BCUT2D eigenvalue weighted by molar-refractivity contribution is 0.218. The summed E-state index contributed by atoms with van der Waals surface area (Å²) in [6.45, 7) is 1.12. The van der Waals surface area contributed by atoms with Crippen molar-refractivity contribution < 1.29 is 9.13 Å². The van der Waals surface area contributed by atoms with E-state index >= 15 is 0 Å². The first-order valence-corrected chi connectivity index (χ1v) is 5.45. The molecule has 0 amide bonds. The molecule has 16 heavy (non-hydrogen) atoms.